The molecule has 1 N–H and O–H groups in total. The molecule has 26 heavy (non-hydrogen) atoms. The monoisotopic (exact) mass is 368 g/mol. The van der Waals surface area contributed by atoms with Crippen molar-refractivity contribution in [3.8, 4) is 0 Å². The number of aliphatic hydroxyl groups excluding tert-OH is 1. The number of rotatable bonds is 4. The highest BCUT2D eigenvalue weighted by Crippen LogP contribution is 2.32. The SMILES string of the molecule is C.O=C(CO)c1ccc(Cn2c(C(F)(F)F)nc3cc(F)ccc32)cc1. The number of fused-ring (bicyclic) bond motifs is 1. The van der Waals surface area contributed by atoms with Gasteiger partial charge in [-0.3, -0.25) is 4.79 Å². The molecule has 1 heterocycles. The van der Waals surface area contributed by atoms with E-state index < -0.39 is 30.2 Å². The Bertz CT molecular complexity index is 931. The molecule has 0 aliphatic rings. The van der Waals surface area contributed by atoms with E-state index in [0.29, 0.717) is 5.56 Å². The van der Waals surface area contributed by atoms with Gasteiger partial charge in [-0.05, 0) is 17.7 Å². The van der Waals surface area contributed by atoms with E-state index in [1.807, 2.05) is 0 Å². The lowest BCUT2D eigenvalue weighted by molar-refractivity contribution is -0.146. The summed E-state index contributed by atoms with van der Waals surface area (Å²) in [5, 5.41) is 8.81. The minimum absolute atomic E-state index is 0. The van der Waals surface area contributed by atoms with Crippen molar-refractivity contribution in [2.75, 3.05) is 6.61 Å². The van der Waals surface area contributed by atoms with Gasteiger partial charge in [-0.25, -0.2) is 9.37 Å². The van der Waals surface area contributed by atoms with Gasteiger partial charge >= 0.3 is 6.18 Å². The normalized spacial score (nSPS) is 11.4. The second-order valence-corrected chi connectivity index (χ2v) is 5.43. The molecule has 8 heteroatoms. The topological polar surface area (TPSA) is 55.1 Å². The van der Waals surface area contributed by atoms with Crippen molar-refractivity contribution >= 4 is 16.8 Å². The average molecular weight is 368 g/mol. The maximum atomic E-state index is 13.3. The fourth-order valence-electron chi connectivity index (χ4n) is 2.55. The number of ketones is 1. The number of benzene rings is 2. The second-order valence-electron chi connectivity index (χ2n) is 5.43. The van der Waals surface area contributed by atoms with Gasteiger partial charge in [0.2, 0.25) is 5.82 Å². The molecule has 0 amide bonds. The van der Waals surface area contributed by atoms with E-state index in [-0.39, 0.29) is 30.6 Å². The summed E-state index contributed by atoms with van der Waals surface area (Å²) in [6.07, 6.45) is -4.69. The van der Waals surface area contributed by atoms with Crippen molar-refractivity contribution in [1.29, 1.82) is 0 Å². The van der Waals surface area contributed by atoms with Gasteiger partial charge in [-0.2, -0.15) is 13.2 Å². The van der Waals surface area contributed by atoms with Gasteiger partial charge in [-0.1, -0.05) is 31.7 Å². The van der Waals surface area contributed by atoms with Crippen LogP contribution in [0.1, 0.15) is 29.2 Å². The molecule has 0 fully saturated rings. The molecular formula is C18H16F4N2O2. The molecule has 138 valence electrons. The Morgan fingerprint density at radius 2 is 1.77 bits per heavy atom. The smallest absolute Gasteiger partial charge is 0.388 e. The third-order valence-corrected chi connectivity index (χ3v) is 3.72. The van der Waals surface area contributed by atoms with Gasteiger partial charge in [0.05, 0.1) is 11.0 Å². The summed E-state index contributed by atoms with van der Waals surface area (Å²) in [6.45, 7) is -0.792. The quantitative estimate of drug-likeness (QED) is 0.558. The minimum Gasteiger partial charge on any atom is -0.388 e. The maximum absolute atomic E-state index is 13.3. The lowest BCUT2D eigenvalue weighted by Crippen LogP contribution is -2.15. The van der Waals surface area contributed by atoms with E-state index in [1.54, 1.807) is 0 Å². The molecule has 0 saturated carbocycles. The average Bonchev–Trinajstić information content (AvgIpc) is 2.92. The Morgan fingerprint density at radius 3 is 2.35 bits per heavy atom. The highest BCUT2D eigenvalue weighted by atomic mass is 19.4. The summed E-state index contributed by atoms with van der Waals surface area (Å²) < 4.78 is 54.0. The van der Waals surface area contributed by atoms with Gasteiger partial charge in [0.25, 0.3) is 0 Å². The van der Waals surface area contributed by atoms with E-state index in [2.05, 4.69) is 4.98 Å². The van der Waals surface area contributed by atoms with Gasteiger partial charge in [0.15, 0.2) is 5.78 Å². The number of carbonyl (C=O) groups excluding carboxylic acids is 1. The highest BCUT2D eigenvalue weighted by Gasteiger charge is 2.37. The largest absolute Gasteiger partial charge is 0.449 e. The van der Waals surface area contributed by atoms with Crippen LogP contribution in [0.25, 0.3) is 11.0 Å². The number of halogens is 4. The van der Waals surface area contributed by atoms with E-state index in [1.165, 1.54) is 30.3 Å². The van der Waals surface area contributed by atoms with Crippen molar-refractivity contribution in [2.45, 2.75) is 20.1 Å². The van der Waals surface area contributed by atoms with Crippen molar-refractivity contribution in [2.24, 2.45) is 0 Å². The number of imidazole rings is 1. The van der Waals surface area contributed by atoms with E-state index in [0.717, 1.165) is 16.7 Å². The van der Waals surface area contributed by atoms with Crippen LogP contribution in [-0.2, 0) is 12.7 Å². The molecule has 1 aromatic heterocycles. The Labute approximate surface area is 146 Å². The number of hydrogen-bond acceptors (Lipinski definition) is 3. The molecule has 0 unspecified atom stereocenters. The van der Waals surface area contributed by atoms with Crippen molar-refractivity contribution < 1.29 is 27.5 Å². The number of carbonyl (C=O) groups is 1. The summed E-state index contributed by atoms with van der Waals surface area (Å²) in [4.78, 5) is 14.9. The summed E-state index contributed by atoms with van der Waals surface area (Å²) >= 11 is 0. The molecule has 0 bridgehead atoms. The number of nitrogens with zero attached hydrogens (tertiary/aromatic N) is 2. The van der Waals surface area contributed by atoms with Crippen LogP contribution in [0, 0.1) is 5.82 Å². The van der Waals surface area contributed by atoms with Crippen LogP contribution in [0.2, 0.25) is 0 Å². The standard InChI is InChI=1S/C17H12F4N2O2.CH4/c18-12-5-6-14-13(7-12)22-16(17(19,20)21)23(14)8-10-1-3-11(4-2-10)15(25)9-24;/h1-7,24H,8-9H2;1H4. The summed E-state index contributed by atoms with van der Waals surface area (Å²) in [6, 6.07) is 9.13. The van der Waals surface area contributed by atoms with Crippen LogP contribution in [0.15, 0.2) is 42.5 Å². The molecule has 0 radical (unpaired) electrons. The summed E-state index contributed by atoms with van der Waals surface area (Å²) in [5.41, 5.74) is 0.840. The number of hydrogen-bond donors (Lipinski definition) is 1. The summed E-state index contributed by atoms with van der Waals surface area (Å²) in [7, 11) is 0. The fraction of sp³-hybridized carbons (Fsp3) is 0.222. The first-order chi connectivity index (χ1) is 11.8. The molecule has 4 nitrogen and oxygen atoms in total. The first kappa shape index (κ1) is 19.6. The maximum Gasteiger partial charge on any atom is 0.449 e. The summed E-state index contributed by atoms with van der Waals surface area (Å²) in [5.74, 6) is -2.27. The van der Waals surface area contributed by atoms with Gasteiger partial charge in [0.1, 0.15) is 12.4 Å². The molecule has 3 rings (SSSR count). The first-order valence-electron chi connectivity index (χ1n) is 7.25. The highest BCUT2D eigenvalue weighted by molar-refractivity contribution is 5.96. The zero-order valence-electron chi connectivity index (χ0n) is 12.7. The van der Waals surface area contributed by atoms with Crippen LogP contribution >= 0.6 is 0 Å². The molecular weight excluding hydrogens is 352 g/mol. The minimum atomic E-state index is -4.69. The second kappa shape index (κ2) is 7.25. The van der Waals surface area contributed by atoms with E-state index >= 15 is 0 Å². The van der Waals surface area contributed by atoms with Gasteiger partial charge < -0.3 is 9.67 Å². The number of alkyl halides is 3. The van der Waals surface area contributed by atoms with Crippen LogP contribution in [0.3, 0.4) is 0 Å². The Morgan fingerprint density at radius 1 is 1.12 bits per heavy atom. The Kier molecular flexibility index (Phi) is 5.46. The molecule has 3 aromatic rings. The Hall–Kier alpha value is -2.74. The molecule has 0 atom stereocenters. The molecule has 2 aromatic carbocycles. The number of Topliss-reactive ketones (excluding diaryl/α,β-unsaturated/α-hetero) is 1. The van der Waals surface area contributed by atoms with Crippen LogP contribution in [0.4, 0.5) is 17.6 Å². The van der Waals surface area contributed by atoms with Crippen LogP contribution in [0.5, 0.6) is 0 Å². The molecule has 0 aliphatic carbocycles. The van der Waals surface area contributed by atoms with Crippen molar-refractivity contribution in [3.63, 3.8) is 0 Å². The third-order valence-electron chi connectivity index (χ3n) is 3.72. The number of aliphatic hydroxyl groups is 1. The predicted octanol–water partition coefficient (Wildman–Crippen LogP) is 4.05. The third kappa shape index (κ3) is 3.75. The Balaban J connectivity index is 0.00000243. The van der Waals surface area contributed by atoms with Gasteiger partial charge in [0, 0.05) is 18.2 Å². The van der Waals surface area contributed by atoms with Crippen LogP contribution < -0.4 is 0 Å². The van der Waals surface area contributed by atoms with Crippen molar-refractivity contribution in [3.05, 3.63) is 65.2 Å². The van der Waals surface area contributed by atoms with Gasteiger partial charge in [-0.15, -0.1) is 0 Å². The molecule has 0 aliphatic heterocycles. The van der Waals surface area contributed by atoms with E-state index in [4.69, 9.17) is 5.11 Å². The lowest BCUT2D eigenvalue weighted by atomic mass is 10.1. The van der Waals surface area contributed by atoms with Crippen LogP contribution in [-0.4, -0.2) is 27.0 Å². The fourth-order valence-corrected chi connectivity index (χ4v) is 2.55. The lowest BCUT2D eigenvalue weighted by Gasteiger charge is -2.12. The number of aromatic nitrogens is 2. The van der Waals surface area contributed by atoms with Crippen molar-refractivity contribution in [1.82, 2.24) is 9.55 Å². The van der Waals surface area contributed by atoms with E-state index in [9.17, 15) is 22.4 Å². The zero-order chi connectivity index (χ0) is 18.2. The molecule has 0 saturated heterocycles. The predicted molar refractivity (Wildman–Crippen MR) is 88.4 cm³/mol. The first-order valence-corrected chi connectivity index (χ1v) is 7.25. The molecule has 0 spiro atoms. The zero-order valence-corrected chi connectivity index (χ0v) is 12.7.